The Hall–Kier alpha value is -1.96. The van der Waals surface area contributed by atoms with Crippen LogP contribution in [0.3, 0.4) is 0 Å². The first-order chi connectivity index (χ1) is 8.69. The summed E-state index contributed by atoms with van der Waals surface area (Å²) in [5.74, 6) is 0.117. The Morgan fingerprint density at radius 1 is 1.11 bits per heavy atom. The van der Waals surface area contributed by atoms with Gasteiger partial charge in [0.25, 0.3) is 0 Å². The van der Waals surface area contributed by atoms with E-state index < -0.39 is 0 Å². The topological polar surface area (TPSA) is 30.0 Å². The first kappa shape index (κ1) is 12.5. The van der Waals surface area contributed by atoms with Gasteiger partial charge >= 0.3 is 0 Å². The van der Waals surface area contributed by atoms with Crippen molar-refractivity contribution >= 4 is 5.78 Å². The number of pyridine rings is 1. The maximum Gasteiger partial charge on any atom is 0.168 e. The zero-order valence-corrected chi connectivity index (χ0v) is 10.8. The third kappa shape index (κ3) is 3.04. The second-order valence-electron chi connectivity index (χ2n) is 4.48. The largest absolute Gasteiger partial charge is 0.294 e. The molecule has 18 heavy (non-hydrogen) atoms. The minimum Gasteiger partial charge on any atom is -0.294 e. The molecule has 0 saturated carbocycles. The Labute approximate surface area is 108 Å². The fraction of sp³-hybridized carbons (Fsp3) is 0.250. The van der Waals surface area contributed by atoms with Crippen molar-refractivity contribution in [3.05, 3.63) is 65.0 Å². The van der Waals surface area contributed by atoms with E-state index in [0.717, 1.165) is 23.2 Å². The second-order valence-corrected chi connectivity index (χ2v) is 4.48. The smallest absolute Gasteiger partial charge is 0.168 e. The third-order valence-corrected chi connectivity index (χ3v) is 3.01. The molecule has 0 fully saturated rings. The number of ketones is 1. The molecule has 2 heteroatoms. The van der Waals surface area contributed by atoms with E-state index in [1.165, 1.54) is 5.56 Å². The molecule has 1 heterocycles. The number of hydrogen-bond donors (Lipinski definition) is 0. The summed E-state index contributed by atoms with van der Waals surface area (Å²) in [6.45, 7) is 4.10. The van der Waals surface area contributed by atoms with Crippen LogP contribution >= 0.6 is 0 Å². The van der Waals surface area contributed by atoms with Crippen molar-refractivity contribution < 1.29 is 4.79 Å². The van der Waals surface area contributed by atoms with Crippen LogP contribution in [0.15, 0.2) is 42.6 Å². The summed E-state index contributed by atoms with van der Waals surface area (Å²) in [7, 11) is 0. The highest BCUT2D eigenvalue weighted by atomic mass is 16.1. The molecule has 92 valence electrons. The summed E-state index contributed by atoms with van der Waals surface area (Å²) in [5, 5.41) is 0. The van der Waals surface area contributed by atoms with Crippen molar-refractivity contribution in [3.8, 4) is 0 Å². The van der Waals surface area contributed by atoms with Crippen molar-refractivity contribution in [1.82, 2.24) is 4.98 Å². The van der Waals surface area contributed by atoms with Gasteiger partial charge in [0.2, 0.25) is 0 Å². The number of hydrogen-bond acceptors (Lipinski definition) is 2. The highest BCUT2D eigenvalue weighted by molar-refractivity contribution is 5.97. The molecular formula is C16H17NO. The van der Waals surface area contributed by atoms with Gasteiger partial charge in [-0.25, -0.2) is 0 Å². The lowest BCUT2D eigenvalue weighted by molar-refractivity contribution is 0.0992. The van der Waals surface area contributed by atoms with Crippen molar-refractivity contribution in [2.45, 2.75) is 26.7 Å². The number of carbonyl (C=O) groups excluding carboxylic acids is 1. The van der Waals surface area contributed by atoms with Crippen LogP contribution in [0.5, 0.6) is 0 Å². The number of Topliss-reactive ketones (excluding diaryl/α,β-unsaturated/α-hetero) is 1. The Morgan fingerprint density at radius 2 is 1.83 bits per heavy atom. The van der Waals surface area contributed by atoms with Crippen molar-refractivity contribution in [3.63, 3.8) is 0 Å². The molecule has 0 N–H and O–H groups in total. The number of aromatic nitrogens is 1. The first-order valence-electron chi connectivity index (χ1n) is 6.22. The molecule has 2 aromatic rings. The molecule has 0 radical (unpaired) electrons. The monoisotopic (exact) mass is 239 g/mol. The summed E-state index contributed by atoms with van der Waals surface area (Å²) in [6, 6.07) is 11.6. The zero-order chi connectivity index (χ0) is 13.0. The van der Waals surface area contributed by atoms with Gasteiger partial charge in [-0.2, -0.15) is 0 Å². The Balaban J connectivity index is 2.08. The van der Waals surface area contributed by atoms with Crippen LogP contribution in [0.1, 0.15) is 34.1 Å². The summed E-state index contributed by atoms with van der Waals surface area (Å²) in [6.07, 6.45) is 3.18. The molecule has 0 atom stereocenters. The predicted octanol–water partition coefficient (Wildman–Crippen LogP) is 3.38. The van der Waals surface area contributed by atoms with E-state index >= 15 is 0 Å². The van der Waals surface area contributed by atoms with Gasteiger partial charge < -0.3 is 0 Å². The highest BCUT2D eigenvalue weighted by Gasteiger charge is 2.07. The van der Waals surface area contributed by atoms with Crippen LogP contribution < -0.4 is 0 Å². The maximum atomic E-state index is 12.0. The molecule has 1 aromatic heterocycles. The molecule has 0 amide bonds. The van der Waals surface area contributed by atoms with Crippen LogP contribution in [0.25, 0.3) is 0 Å². The predicted molar refractivity (Wildman–Crippen MR) is 72.8 cm³/mol. The van der Waals surface area contributed by atoms with E-state index in [2.05, 4.69) is 11.9 Å². The molecule has 0 aliphatic heterocycles. The number of rotatable bonds is 4. The Kier molecular flexibility index (Phi) is 3.88. The van der Waals surface area contributed by atoms with Gasteiger partial charge in [-0.05, 0) is 25.0 Å². The maximum absolute atomic E-state index is 12.0. The molecule has 0 spiro atoms. The van der Waals surface area contributed by atoms with Crippen LogP contribution in [0, 0.1) is 6.92 Å². The van der Waals surface area contributed by atoms with E-state index in [-0.39, 0.29) is 5.78 Å². The van der Waals surface area contributed by atoms with Gasteiger partial charge in [0.05, 0.1) is 6.42 Å². The van der Waals surface area contributed by atoms with E-state index in [1.54, 1.807) is 0 Å². The fourth-order valence-corrected chi connectivity index (χ4v) is 1.77. The minimum atomic E-state index is 0.117. The van der Waals surface area contributed by atoms with Gasteiger partial charge in [-0.1, -0.05) is 42.8 Å². The molecule has 0 saturated heterocycles. The van der Waals surface area contributed by atoms with Gasteiger partial charge in [-0.3, -0.25) is 9.78 Å². The number of aryl methyl sites for hydroxylation is 2. The third-order valence-electron chi connectivity index (χ3n) is 3.01. The summed E-state index contributed by atoms with van der Waals surface area (Å²) < 4.78 is 0. The molecule has 1 aromatic carbocycles. The number of nitrogens with zero attached hydrogens (tertiary/aromatic N) is 1. The van der Waals surface area contributed by atoms with Gasteiger partial charge in [0.15, 0.2) is 5.78 Å². The molecule has 0 bridgehead atoms. The summed E-state index contributed by atoms with van der Waals surface area (Å²) in [4.78, 5) is 16.4. The average molecular weight is 239 g/mol. The molecule has 0 aliphatic rings. The summed E-state index contributed by atoms with van der Waals surface area (Å²) >= 11 is 0. The van der Waals surface area contributed by atoms with Gasteiger partial charge in [0.1, 0.15) is 0 Å². The van der Waals surface area contributed by atoms with Crippen molar-refractivity contribution in [1.29, 1.82) is 0 Å². The van der Waals surface area contributed by atoms with Crippen LogP contribution in [0.2, 0.25) is 0 Å². The molecule has 2 rings (SSSR count). The number of carbonyl (C=O) groups is 1. The summed E-state index contributed by atoms with van der Waals surface area (Å²) in [5.41, 5.74) is 3.94. The quantitative estimate of drug-likeness (QED) is 0.766. The Morgan fingerprint density at radius 3 is 2.39 bits per heavy atom. The van der Waals surface area contributed by atoms with Crippen LogP contribution in [0.4, 0.5) is 0 Å². The van der Waals surface area contributed by atoms with Gasteiger partial charge in [-0.15, -0.1) is 0 Å². The standard InChI is InChI=1S/C16H17NO/c1-3-13-6-9-15(17-11-13)10-16(18)14-7-4-12(2)5-8-14/h4-9,11H,3,10H2,1-2H3. The lowest BCUT2D eigenvalue weighted by Gasteiger charge is -2.02. The van der Waals surface area contributed by atoms with E-state index in [9.17, 15) is 4.79 Å². The van der Waals surface area contributed by atoms with E-state index in [4.69, 9.17) is 0 Å². The molecule has 0 unspecified atom stereocenters. The lowest BCUT2D eigenvalue weighted by atomic mass is 10.0. The normalized spacial score (nSPS) is 10.3. The minimum absolute atomic E-state index is 0.117. The SMILES string of the molecule is CCc1ccc(CC(=O)c2ccc(C)cc2)nc1. The molecule has 0 aliphatic carbocycles. The highest BCUT2D eigenvalue weighted by Crippen LogP contribution is 2.08. The molecule has 2 nitrogen and oxygen atoms in total. The number of benzene rings is 1. The van der Waals surface area contributed by atoms with Crippen molar-refractivity contribution in [2.75, 3.05) is 0 Å². The van der Waals surface area contributed by atoms with E-state index in [1.807, 2.05) is 49.5 Å². The van der Waals surface area contributed by atoms with Crippen molar-refractivity contribution in [2.24, 2.45) is 0 Å². The van der Waals surface area contributed by atoms with Crippen LogP contribution in [-0.4, -0.2) is 10.8 Å². The lowest BCUT2D eigenvalue weighted by Crippen LogP contribution is -2.05. The Bertz CT molecular complexity index is 526. The van der Waals surface area contributed by atoms with E-state index in [0.29, 0.717) is 6.42 Å². The fourth-order valence-electron chi connectivity index (χ4n) is 1.77. The zero-order valence-electron chi connectivity index (χ0n) is 10.8. The van der Waals surface area contributed by atoms with Crippen LogP contribution in [-0.2, 0) is 12.8 Å². The second kappa shape index (κ2) is 5.58. The molecular weight excluding hydrogens is 222 g/mol. The van der Waals surface area contributed by atoms with Gasteiger partial charge in [0, 0.05) is 17.5 Å². The first-order valence-corrected chi connectivity index (χ1v) is 6.22. The average Bonchev–Trinajstić information content (AvgIpc) is 2.40.